The molecule has 1 aliphatic heterocycles. The van der Waals surface area contributed by atoms with Crippen LogP contribution >= 0.6 is 22.6 Å². The van der Waals surface area contributed by atoms with Crippen molar-refractivity contribution < 1.29 is 18.3 Å². The van der Waals surface area contributed by atoms with E-state index in [0.29, 0.717) is 10.1 Å². The standard InChI is InChI=1S/C13H16INO4S/c1-2-9-4-3-7-15(9)20(18,19)10-5-6-12(14)11(8-10)13(16)17/h5-6,8-9H,2-4,7H2,1H3,(H,16,17). The Bertz CT molecular complexity index is 629. The molecular formula is C13H16INO4S. The number of aromatic carboxylic acids is 1. The molecule has 1 aromatic rings. The molecule has 0 aromatic heterocycles. The zero-order valence-corrected chi connectivity index (χ0v) is 14.0. The number of hydrogen-bond donors (Lipinski definition) is 1. The molecule has 1 fully saturated rings. The summed E-state index contributed by atoms with van der Waals surface area (Å²) in [7, 11) is -3.61. The summed E-state index contributed by atoms with van der Waals surface area (Å²) < 4.78 is 27.3. The van der Waals surface area contributed by atoms with Crippen molar-refractivity contribution in [2.24, 2.45) is 0 Å². The van der Waals surface area contributed by atoms with Gasteiger partial charge in [0.05, 0.1) is 10.5 Å². The van der Waals surface area contributed by atoms with Gasteiger partial charge in [0.2, 0.25) is 10.0 Å². The molecule has 1 aliphatic rings. The number of benzene rings is 1. The fourth-order valence-corrected chi connectivity index (χ4v) is 4.86. The molecule has 1 saturated heterocycles. The third-order valence-corrected chi connectivity index (χ3v) is 6.46. The van der Waals surface area contributed by atoms with E-state index in [4.69, 9.17) is 5.11 Å². The van der Waals surface area contributed by atoms with Gasteiger partial charge in [-0.3, -0.25) is 0 Å². The van der Waals surface area contributed by atoms with Crippen molar-refractivity contribution in [1.82, 2.24) is 4.31 Å². The number of sulfonamides is 1. The molecule has 0 saturated carbocycles. The number of hydrogen-bond acceptors (Lipinski definition) is 3. The number of carboxylic acid groups (broad SMARTS) is 1. The normalized spacial score (nSPS) is 20.2. The monoisotopic (exact) mass is 409 g/mol. The summed E-state index contributed by atoms with van der Waals surface area (Å²) in [5.41, 5.74) is 0.0268. The van der Waals surface area contributed by atoms with Crippen molar-refractivity contribution >= 4 is 38.6 Å². The number of rotatable bonds is 4. The molecule has 1 atom stereocenters. The summed E-state index contributed by atoms with van der Waals surface area (Å²) in [6, 6.07) is 4.29. The largest absolute Gasteiger partial charge is 0.478 e. The minimum atomic E-state index is -3.61. The average molecular weight is 409 g/mol. The highest BCUT2D eigenvalue weighted by Crippen LogP contribution is 2.28. The molecule has 1 aromatic carbocycles. The van der Waals surface area contributed by atoms with Crippen molar-refractivity contribution in [3.8, 4) is 0 Å². The summed E-state index contributed by atoms with van der Waals surface area (Å²) >= 11 is 1.89. The SMILES string of the molecule is CCC1CCCN1S(=O)(=O)c1ccc(I)c(C(=O)O)c1. The van der Waals surface area contributed by atoms with Gasteiger partial charge in [-0.2, -0.15) is 4.31 Å². The van der Waals surface area contributed by atoms with E-state index in [1.165, 1.54) is 22.5 Å². The lowest BCUT2D eigenvalue weighted by Crippen LogP contribution is -2.35. The third kappa shape index (κ3) is 2.84. The zero-order chi connectivity index (χ0) is 14.9. The van der Waals surface area contributed by atoms with Gasteiger partial charge in [0.1, 0.15) is 0 Å². The van der Waals surface area contributed by atoms with Gasteiger partial charge in [-0.05, 0) is 60.1 Å². The van der Waals surface area contributed by atoms with Crippen molar-refractivity contribution in [3.63, 3.8) is 0 Å². The van der Waals surface area contributed by atoms with E-state index in [1.54, 1.807) is 0 Å². The Labute approximate surface area is 132 Å². The van der Waals surface area contributed by atoms with E-state index >= 15 is 0 Å². The lowest BCUT2D eigenvalue weighted by Gasteiger charge is -2.23. The second kappa shape index (κ2) is 5.98. The number of halogens is 1. The minimum absolute atomic E-state index is 0.0209. The number of nitrogens with zero attached hydrogens (tertiary/aromatic N) is 1. The summed E-state index contributed by atoms with van der Waals surface area (Å²) in [6.45, 7) is 2.48. The molecule has 1 heterocycles. The van der Waals surface area contributed by atoms with E-state index in [-0.39, 0.29) is 16.5 Å². The molecular weight excluding hydrogens is 393 g/mol. The minimum Gasteiger partial charge on any atom is -0.478 e. The smallest absolute Gasteiger partial charge is 0.336 e. The van der Waals surface area contributed by atoms with Gasteiger partial charge in [-0.1, -0.05) is 6.92 Å². The molecule has 1 unspecified atom stereocenters. The predicted molar refractivity (Wildman–Crippen MR) is 83.3 cm³/mol. The van der Waals surface area contributed by atoms with Crippen LogP contribution in [0.2, 0.25) is 0 Å². The first-order chi connectivity index (χ1) is 9.37. The molecule has 2 rings (SSSR count). The van der Waals surface area contributed by atoms with Gasteiger partial charge in [0, 0.05) is 16.2 Å². The second-order valence-corrected chi connectivity index (χ2v) is 7.82. The first-order valence-corrected chi connectivity index (χ1v) is 8.94. The van der Waals surface area contributed by atoms with Crippen molar-refractivity contribution in [1.29, 1.82) is 0 Å². The maximum atomic E-state index is 12.6. The molecule has 5 nitrogen and oxygen atoms in total. The van der Waals surface area contributed by atoms with E-state index < -0.39 is 16.0 Å². The van der Waals surface area contributed by atoms with Gasteiger partial charge >= 0.3 is 5.97 Å². The maximum absolute atomic E-state index is 12.6. The highest BCUT2D eigenvalue weighted by atomic mass is 127. The Morgan fingerprint density at radius 2 is 2.20 bits per heavy atom. The van der Waals surface area contributed by atoms with E-state index in [0.717, 1.165) is 19.3 Å². The highest BCUT2D eigenvalue weighted by Gasteiger charge is 2.34. The fourth-order valence-electron chi connectivity index (χ4n) is 2.50. The topological polar surface area (TPSA) is 74.7 Å². The van der Waals surface area contributed by atoms with E-state index in [2.05, 4.69) is 0 Å². The Balaban J connectivity index is 2.44. The summed E-state index contributed by atoms with van der Waals surface area (Å²) in [5, 5.41) is 9.11. The fraction of sp³-hybridized carbons (Fsp3) is 0.462. The molecule has 20 heavy (non-hydrogen) atoms. The van der Waals surface area contributed by atoms with Crippen LogP contribution < -0.4 is 0 Å². The van der Waals surface area contributed by atoms with Crippen LogP contribution in [-0.2, 0) is 10.0 Å². The van der Waals surface area contributed by atoms with Crippen LogP contribution in [0, 0.1) is 3.57 Å². The van der Waals surface area contributed by atoms with Crippen molar-refractivity contribution in [2.45, 2.75) is 37.1 Å². The molecule has 0 aliphatic carbocycles. The lowest BCUT2D eigenvalue weighted by molar-refractivity contribution is 0.0695. The molecule has 1 N–H and O–H groups in total. The Morgan fingerprint density at radius 1 is 1.50 bits per heavy atom. The predicted octanol–water partition coefficient (Wildman–Crippen LogP) is 2.55. The summed E-state index contributed by atoms with van der Waals surface area (Å²) in [4.78, 5) is 11.2. The second-order valence-electron chi connectivity index (χ2n) is 4.77. The number of carboxylic acids is 1. The Morgan fingerprint density at radius 3 is 2.80 bits per heavy atom. The first-order valence-electron chi connectivity index (χ1n) is 6.42. The first kappa shape index (κ1) is 15.7. The van der Waals surface area contributed by atoms with Crippen LogP contribution in [0.15, 0.2) is 23.1 Å². The van der Waals surface area contributed by atoms with Crippen molar-refractivity contribution in [3.05, 3.63) is 27.3 Å². The molecule has 7 heteroatoms. The van der Waals surface area contributed by atoms with Gasteiger partial charge in [-0.25, -0.2) is 13.2 Å². The van der Waals surface area contributed by atoms with Crippen molar-refractivity contribution in [2.75, 3.05) is 6.54 Å². The Hall–Kier alpha value is -0.670. The summed E-state index contributed by atoms with van der Waals surface area (Å²) in [5.74, 6) is -1.11. The van der Waals surface area contributed by atoms with Crippen LogP contribution in [0.3, 0.4) is 0 Å². The molecule has 0 amide bonds. The molecule has 0 bridgehead atoms. The number of carbonyl (C=O) groups is 1. The molecule has 0 spiro atoms. The van der Waals surface area contributed by atoms with Crippen LogP contribution in [0.1, 0.15) is 36.5 Å². The highest BCUT2D eigenvalue weighted by molar-refractivity contribution is 14.1. The lowest BCUT2D eigenvalue weighted by atomic mass is 10.2. The van der Waals surface area contributed by atoms with Crippen LogP contribution in [0.4, 0.5) is 0 Å². The van der Waals surface area contributed by atoms with Gasteiger partial charge in [0.15, 0.2) is 0 Å². The quantitative estimate of drug-likeness (QED) is 0.776. The van der Waals surface area contributed by atoms with Gasteiger partial charge in [-0.15, -0.1) is 0 Å². The summed E-state index contributed by atoms with van der Waals surface area (Å²) in [6.07, 6.45) is 2.50. The van der Waals surface area contributed by atoms with Crippen LogP contribution in [-0.4, -0.2) is 36.4 Å². The maximum Gasteiger partial charge on any atom is 0.336 e. The molecule has 110 valence electrons. The van der Waals surface area contributed by atoms with Crippen LogP contribution in [0.5, 0.6) is 0 Å². The van der Waals surface area contributed by atoms with E-state index in [9.17, 15) is 13.2 Å². The van der Waals surface area contributed by atoms with Crippen LogP contribution in [0.25, 0.3) is 0 Å². The Kier molecular flexibility index (Phi) is 4.70. The van der Waals surface area contributed by atoms with E-state index in [1.807, 2.05) is 29.5 Å². The van der Waals surface area contributed by atoms with Gasteiger partial charge in [0.25, 0.3) is 0 Å². The van der Waals surface area contributed by atoms with Gasteiger partial charge < -0.3 is 5.11 Å². The molecule has 0 radical (unpaired) electrons. The zero-order valence-electron chi connectivity index (χ0n) is 11.0. The third-order valence-electron chi connectivity index (χ3n) is 3.57. The average Bonchev–Trinajstić information content (AvgIpc) is 2.87.